The Morgan fingerprint density at radius 1 is 1.21 bits per heavy atom. The fourth-order valence-corrected chi connectivity index (χ4v) is 4.15. The van der Waals surface area contributed by atoms with Crippen molar-refractivity contribution in [2.24, 2.45) is 0 Å². The van der Waals surface area contributed by atoms with Crippen molar-refractivity contribution in [3.63, 3.8) is 0 Å². The summed E-state index contributed by atoms with van der Waals surface area (Å²) in [5, 5.41) is 11.5. The monoisotopic (exact) mass is 411 g/mol. The molecule has 0 aliphatic carbocycles. The maximum Gasteiger partial charge on any atom is 0.295 e. The van der Waals surface area contributed by atoms with Gasteiger partial charge in [-0.3, -0.25) is 9.59 Å². The van der Waals surface area contributed by atoms with E-state index in [9.17, 15) is 14.7 Å². The van der Waals surface area contributed by atoms with Gasteiger partial charge in [0.15, 0.2) is 0 Å². The molecule has 4 rings (SSSR count). The van der Waals surface area contributed by atoms with E-state index in [1.54, 1.807) is 24.3 Å². The fourth-order valence-electron chi connectivity index (χ4n) is 4.03. The van der Waals surface area contributed by atoms with Gasteiger partial charge in [-0.1, -0.05) is 41.4 Å². The van der Waals surface area contributed by atoms with Gasteiger partial charge in [0.2, 0.25) is 0 Å². The molecule has 2 unspecified atom stereocenters. The summed E-state index contributed by atoms with van der Waals surface area (Å²) in [5.41, 5.74) is 2.34. The summed E-state index contributed by atoms with van der Waals surface area (Å²) in [4.78, 5) is 27.4. The van der Waals surface area contributed by atoms with Crippen molar-refractivity contribution in [1.82, 2.24) is 4.90 Å². The molecule has 2 aromatic carbocycles. The lowest BCUT2D eigenvalue weighted by molar-refractivity contribution is -0.140. The van der Waals surface area contributed by atoms with Crippen molar-refractivity contribution >= 4 is 29.1 Å². The number of carbonyl (C=O) groups excluding carboxylic acids is 2. The van der Waals surface area contributed by atoms with E-state index in [2.05, 4.69) is 0 Å². The molecule has 1 amide bonds. The number of Topliss-reactive ketones (excluding diaryl/α,β-unsaturated/α-hetero) is 1. The van der Waals surface area contributed by atoms with E-state index in [0.29, 0.717) is 23.7 Å². The smallest absolute Gasteiger partial charge is 0.295 e. The third-order valence-electron chi connectivity index (χ3n) is 5.44. The van der Waals surface area contributed by atoms with E-state index >= 15 is 0 Å². The van der Waals surface area contributed by atoms with Gasteiger partial charge < -0.3 is 14.7 Å². The number of hydrogen-bond acceptors (Lipinski definition) is 4. The zero-order chi connectivity index (χ0) is 20.5. The highest BCUT2D eigenvalue weighted by molar-refractivity contribution is 6.46. The number of ketones is 1. The molecule has 5 nitrogen and oxygen atoms in total. The second-order valence-electron chi connectivity index (χ2n) is 7.51. The number of aryl methyl sites for hydroxylation is 1. The van der Waals surface area contributed by atoms with E-state index in [0.717, 1.165) is 24.0 Å². The zero-order valence-electron chi connectivity index (χ0n) is 16.1. The molecule has 2 fully saturated rings. The van der Waals surface area contributed by atoms with Gasteiger partial charge in [0.25, 0.3) is 11.7 Å². The molecule has 29 heavy (non-hydrogen) atoms. The van der Waals surface area contributed by atoms with Gasteiger partial charge in [0, 0.05) is 23.7 Å². The summed E-state index contributed by atoms with van der Waals surface area (Å²) in [6, 6.07) is 13.6. The third kappa shape index (κ3) is 3.80. The molecule has 0 spiro atoms. The molecule has 2 aromatic rings. The molecule has 0 bridgehead atoms. The second-order valence-corrected chi connectivity index (χ2v) is 7.94. The molecule has 6 heteroatoms. The van der Waals surface area contributed by atoms with Crippen LogP contribution in [0.1, 0.15) is 35.6 Å². The Hall–Kier alpha value is -2.63. The Kier molecular flexibility index (Phi) is 5.43. The van der Waals surface area contributed by atoms with Crippen molar-refractivity contribution in [1.29, 1.82) is 0 Å². The van der Waals surface area contributed by atoms with Crippen LogP contribution in [-0.4, -0.2) is 41.0 Å². The largest absolute Gasteiger partial charge is 0.507 e. The molecule has 1 N–H and O–H groups in total. The molecule has 2 heterocycles. The molecule has 2 atom stereocenters. The van der Waals surface area contributed by atoms with Gasteiger partial charge in [0.1, 0.15) is 5.76 Å². The summed E-state index contributed by atoms with van der Waals surface area (Å²) in [6.07, 6.45) is 1.69. The Labute approximate surface area is 174 Å². The number of hydrogen-bond donors (Lipinski definition) is 1. The van der Waals surface area contributed by atoms with Gasteiger partial charge in [-0.05, 0) is 49.6 Å². The predicted molar refractivity (Wildman–Crippen MR) is 111 cm³/mol. The summed E-state index contributed by atoms with van der Waals surface area (Å²) in [5.74, 6) is -1.48. The number of halogens is 1. The number of carbonyl (C=O) groups is 2. The molecule has 2 saturated heterocycles. The van der Waals surface area contributed by atoms with E-state index in [1.165, 1.54) is 4.90 Å². The van der Waals surface area contributed by atoms with Gasteiger partial charge >= 0.3 is 0 Å². The predicted octanol–water partition coefficient (Wildman–Crippen LogP) is 4.25. The minimum absolute atomic E-state index is 0.0981. The summed E-state index contributed by atoms with van der Waals surface area (Å²) in [7, 11) is 0. The average Bonchev–Trinajstić information content (AvgIpc) is 3.30. The van der Waals surface area contributed by atoms with Gasteiger partial charge in [-0.2, -0.15) is 0 Å². The Morgan fingerprint density at radius 2 is 1.97 bits per heavy atom. The number of aliphatic hydroxyl groups is 1. The molecule has 0 radical (unpaired) electrons. The fraction of sp³-hybridized carbons (Fsp3) is 0.304. The van der Waals surface area contributed by atoms with E-state index in [1.807, 2.05) is 31.2 Å². The van der Waals surface area contributed by atoms with Crippen LogP contribution in [0.3, 0.4) is 0 Å². The van der Waals surface area contributed by atoms with Crippen LogP contribution in [0.5, 0.6) is 0 Å². The van der Waals surface area contributed by atoms with E-state index in [-0.39, 0.29) is 17.4 Å². The summed E-state index contributed by atoms with van der Waals surface area (Å²) < 4.78 is 5.70. The number of amides is 1. The topological polar surface area (TPSA) is 66.8 Å². The molecule has 2 aliphatic rings. The number of aliphatic hydroxyl groups excluding tert-OH is 1. The van der Waals surface area contributed by atoms with Crippen LogP contribution in [0.25, 0.3) is 5.76 Å². The molecular weight excluding hydrogens is 390 g/mol. The normalized spacial score (nSPS) is 23.7. The number of benzene rings is 2. The second kappa shape index (κ2) is 8.01. The highest BCUT2D eigenvalue weighted by Crippen LogP contribution is 2.40. The van der Waals surface area contributed by atoms with Crippen molar-refractivity contribution in [3.05, 3.63) is 75.8 Å². The molecule has 0 saturated carbocycles. The van der Waals surface area contributed by atoms with Crippen LogP contribution >= 0.6 is 11.6 Å². The van der Waals surface area contributed by atoms with E-state index < -0.39 is 17.7 Å². The first-order valence-corrected chi connectivity index (χ1v) is 10.1. The van der Waals surface area contributed by atoms with Crippen LogP contribution in [0.15, 0.2) is 54.1 Å². The Bertz CT molecular complexity index is 977. The van der Waals surface area contributed by atoms with Crippen molar-refractivity contribution < 1.29 is 19.4 Å². The SMILES string of the molecule is Cc1cccc(C2/C(=C(/O)c3ccc(Cl)cc3)C(=O)C(=O)N2CC2CCCO2)c1. The highest BCUT2D eigenvalue weighted by Gasteiger charge is 2.47. The molecule has 2 aliphatic heterocycles. The molecule has 150 valence electrons. The minimum atomic E-state index is -0.679. The highest BCUT2D eigenvalue weighted by atomic mass is 35.5. The maximum absolute atomic E-state index is 13.0. The van der Waals surface area contributed by atoms with Crippen LogP contribution in [0.4, 0.5) is 0 Å². The maximum atomic E-state index is 13.0. The summed E-state index contributed by atoms with van der Waals surface area (Å²) in [6.45, 7) is 2.93. The lowest BCUT2D eigenvalue weighted by Crippen LogP contribution is -2.36. The van der Waals surface area contributed by atoms with Crippen LogP contribution in [0, 0.1) is 6.92 Å². The first kappa shape index (κ1) is 19.7. The number of rotatable bonds is 4. The standard InChI is InChI=1S/C23H22ClNO4/c1-14-4-2-5-16(12-14)20-19(21(26)15-7-9-17(24)10-8-15)22(27)23(28)25(20)13-18-6-3-11-29-18/h2,4-5,7-10,12,18,20,26H,3,6,11,13H2,1H3/b21-19-. The Balaban J connectivity index is 1.83. The lowest BCUT2D eigenvalue weighted by Gasteiger charge is -2.27. The van der Waals surface area contributed by atoms with Crippen molar-refractivity contribution in [2.45, 2.75) is 31.9 Å². The number of ether oxygens (including phenoxy) is 1. The zero-order valence-corrected chi connectivity index (χ0v) is 16.9. The van der Waals surface area contributed by atoms with Gasteiger partial charge in [0.05, 0.1) is 17.7 Å². The van der Waals surface area contributed by atoms with Crippen molar-refractivity contribution in [2.75, 3.05) is 13.2 Å². The third-order valence-corrected chi connectivity index (χ3v) is 5.69. The van der Waals surface area contributed by atoms with Crippen molar-refractivity contribution in [3.8, 4) is 0 Å². The van der Waals surface area contributed by atoms with E-state index in [4.69, 9.17) is 16.3 Å². The van der Waals surface area contributed by atoms with Gasteiger partial charge in [-0.25, -0.2) is 0 Å². The van der Waals surface area contributed by atoms with Gasteiger partial charge in [-0.15, -0.1) is 0 Å². The molecule has 0 aromatic heterocycles. The number of likely N-dealkylation sites (tertiary alicyclic amines) is 1. The Morgan fingerprint density at radius 3 is 2.62 bits per heavy atom. The number of nitrogens with zero attached hydrogens (tertiary/aromatic N) is 1. The minimum Gasteiger partial charge on any atom is -0.507 e. The van der Waals surface area contributed by atoms with Crippen LogP contribution in [-0.2, 0) is 14.3 Å². The quantitative estimate of drug-likeness (QED) is 0.464. The first-order chi connectivity index (χ1) is 14.0. The lowest BCUT2D eigenvalue weighted by atomic mass is 9.94. The van der Waals surface area contributed by atoms with Crippen LogP contribution in [0.2, 0.25) is 5.02 Å². The first-order valence-electron chi connectivity index (χ1n) is 9.68. The summed E-state index contributed by atoms with van der Waals surface area (Å²) >= 11 is 5.95. The van der Waals surface area contributed by atoms with Crippen LogP contribution < -0.4 is 0 Å². The average molecular weight is 412 g/mol. The molecular formula is C23H22ClNO4.